The quantitative estimate of drug-likeness (QED) is 0.599. The van der Waals surface area contributed by atoms with Crippen LogP contribution in [0.5, 0.6) is 17.2 Å². The zero-order valence-electron chi connectivity index (χ0n) is 16.5. The van der Waals surface area contributed by atoms with Crippen molar-refractivity contribution >= 4 is 33.4 Å². The monoisotopic (exact) mass is 482 g/mol. The normalized spacial score (nSPS) is 14.6. The van der Waals surface area contributed by atoms with Crippen molar-refractivity contribution in [3.8, 4) is 17.2 Å². The fourth-order valence-corrected chi connectivity index (χ4v) is 3.79. The summed E-state index contributed by atoms with van der Waals surface area (Å²) in [6, 6.07) is 11.4. The van der Waals surface area contributed by atoms with E-state index in [9.17, 15) is 4.79 Å². The summed E-state index contributed by atoms with van der Waals surface area (Å²) in [7, 11) is 3.14. The van der Waals surface area contributed by atoms with Crippen molar-refractivity contribution in [1.82, 2.24) is 9.80 Å². The van der Waals surface area contributed by atoms with Crippen LogP contribution >= 0.6 is 27.5 Å². The molecule has 0 bridgehead atoms. The molecule has 1 fully saturated rings. The fourth-order valence-electron chi connectivity index (χ4n) is 3.15. The molecular formula is C21H24BrClN2O4. The number of carbonyl (C=O) groups excluding carboxylic acids is 1. The van der Waals surface area contributed by atoms with E-state index in [4.69, 9.17) is 25.8 Å². The molecule has 0 saturated carbocycles. The van der Waals surface area contributed by atoms with Gasteiger partial charge in [0.05, 0.1) is 14.2 Å². The van der Waals surface area contributed by atoms with Gasteiger partial charge in [0.2, 0.25) is 0 Å². The van der Waals surface area contributed by atoms with E-state index in [1.807, 2.05) is 29.2 Å². The third-order valence-corrected chi connectivity index (χ3v) is 5.86. The summed E-state index contributed by atoms with van der Waals surface area (Å²) in [5.41, 5.74) is 1.22. The molecule has 0 aromatic heterocycles. The van der Waals surface area contributed by atoms with Gasteiger partial charge in [0, 0.05) is 49.9 Å². The molecule has 8 heteroatoms. The van der Waals surface area contributed by atoms with Gasteiger partial charge >= 0.3 is 0 Å². The number of ether oxygens (including phenoxy) is 3. The minimum atomic E-state index is -0.0372. The summed E-state index contributed by atoms with van der Waals surface area (Å²) in [5.74, 6) is 1.66. The van der Waals surface area contributed by atoms with Crippen LogP contribution in [-0.2, 0) is 11.3 Å². The van der Waals surface area contributed by atoms with Crippen molar-refractivity contribution in [1.29, 1.82) is 0 Å². The summed E-state index contributed by atoms with van der Waals surface area (Å²) in [4.78, 5) is 16.8. The van der Waals surface area contributed by atoms with E-state index in [0.717, 1.165) is 24.7 Å². The molecule has 156 valence electrons. The zero-order chi connectivity index (χ0) is 20.8. The molecule has 1 amide bonds. The smallest absolute Gasteiger partial charge is 0.260 e. The number of piperazine rings is 1. The first-order valence-electron chi connectivity index (χ1n) is 9.29. The number of nitrogens with zero attached hydrogens (tertiary/aromatic N) is 2. The first-order valence-corrected chi connectivity index (χ1v) is 10.5. The van der Waals surface area contributed by atoms with Crippen molar-refractivity contribution in [2.75, 3.05) is 47.0 Å². The summed E-state index contributed by atoms with van der Waals surface area (Å²) >= 11 is 9.39. The van der Waals surface area contributed by atoms with Crippen LogP contribution in [0.1, 0.15) is 5.56 Å². The molecule has 0 N–H and O–H groups in total. The molecule has 1 saturated heterocycles. The molecule has 0 spiro atoms. The Labute approximate surface area is 184 Å². The number of hydrogen-bond acceptors (Lipinski definition) is 5. The van der Waals surface area contributed by atoms with Crippen LogP contribution in [0, 0.1) is 0 Å². The van der Waals surface area contributed by atoms with E-state index in [0.29, 0.717) is 34.8 Å². The van der Waals surface area contributed by atoms with Crippen LogP contribution < -0.4 is 14.2 Å². The van der Waals surface area contributed by atoms with E-state index >= 15 is 0 Å². The Hall–Kier alpha value is -1.96. The molecule has 0 aliphatic carbocycles. The zero-order valence-corrected chi connectivity index (χ0v) is 18.8. The standard InChI is InChI=1S/C21H24BrClN2O4/c1-27-17-11-18(28-2)21(22)19(12-17)29-14-20(26)25-9-7-24(8-10-25)13-15-3-5-16(23)6-4-15/h3-6,11-12H,7-10,13-14H2,1-2H3. The predicted molar refractivity (Wildman–Crippen MR) is 116 cm³/mol. The maximum Gasteiger partial charge on any atom is 0.260 e. The van der Waals surface area contributed by atoms with Gasteiger partial charge in [0.25, 0.3) is 5.91 Å². The lowest BCUT2D eigenvalue weighted by Gasteiger charge is -2.34. The Kier molecular flexibility index (Phi) is 7.64. The van der Waals surface area contributed by atoms with Crippen LogP contribution in [0.4, 0.5) is 0 Å². The van der Waals surface area contributed by atoms with E-state index in [2.05, 4.69) is 20.8 Å². The molecule has 2 aromatic rings. The van der Waals surface area contributed by atoms with Crippen molar-refractivity contribution in [3.63, 3.8) is 0 Å². The predicted octanol–water partition coefficient (Wildman–Crippen LogP) is 3.84. The number of halogens is 2. The fraction of sp³-hybridized carbons (Fsp3) is 0.381. The Morgan fingerprint density at radius 3 is 2.31 bits per heavy atom. The van der Waals surface area contributed by atoms with Gasteiger partial charge in [-0.05, 0) is 33.6 Å². The van der Waals surface area contributed by atoms with Crippen molar-refractivity contribution in [3.05, 3.63) is 51.5 Å². The minimum Gasteiger partial charge on any atom is -0.496 e. The van der Waals surface area contributed by atoms with Gasteiger partial charge in [0.15, 0.2) is 6.61 Å². The molecule has 6 nitrogen and oxygen atoms in total. The van der Waals surface area contributed by atoms with Gasteiger partial charge in [-0.25, -0.2) is 0 Å². The minimum absolute atomic E-state index is 0.0356. The van der Waals surface area contributed by atoms with E-state index in [1.165, 1.54) is 5.56 Å². The Morgan fingerprint density at radius 1 is 1.03 bits per heavy atom. The number of methoxy groups -OCH3 is 2. The van der Waals surface area contributed by atoms with Crippen molar-refractivity contribution in [2.24, 2.45) is 0 Å². The number of carbonyl (C=O) groups is 1. The van der Waals surface area contributed by atoms with Gasteiger partial charge in [-0.15, -0.1) is 0 Å². The second kappa shape index (κ2) is 10.2. The first kappa shape index (κ1) is 21.7. The number of hydrogen-bond donors (Lipinski definition) is 0. The Morgan fingerprint density at radius 2 is 1.69 bits per heavy atom. The molecule has 1 heterocycles. The van der Waals surface area contributed by atoms with Gasteiger partial charge in [-0.2, -0.15) is 0 Å². The maximum atomic E-state index is 12.6. The van der Waals surface area contributed by atoms with Crippen molar-refractivity contribution < 1.29 is 19.0 Å². The lowest BCUT2D eigenvalue weighted by Crippen LogP contribution is -2.49. The first-order chi connectivity index (χ1) is 14.0. The van der Waals surface area contributed by atoms with Crippen LogP contribution in [0.2, 0.25) is 5.02 Å². The van der Waals surface area contributed by atoms with E-state index in [-0.39, 0.29) is 12.5 Å². The second-order valence-corrected chi connectivity index (χ2v) is 7.94. The summed E-state index contributed by atoms with van der Waals surface area (Å²) in [6.07, 6.45) is 0. The molecule has 1 aliphatic rings. The molecular weight excluding hydrogens is 460 g/mol. The largest absolute Gasteiger partial charge is 0.496 e. The Bertz CT molecular complexity index is 839. The third-order valence-electron chi connectivity index (χ3n) is 4.83. The van der Waals surface area contributed by atoms with Crippen LogP contribution in [0.3, 0.4) is 0 Å². The van der Waals surface area contributed by atoms with Crippen LogP contribution in [0.15, 0.2) is 40.9 Å². The molecule has 0 unspecified atom stereocenters. The summed E-state index contributed by atoms with van der Waals surface area (Å²) in [5, 5.41) is 0.740. The van der Waals surface area contributed by atoms with Crippen molar-refractivity contribution in [2.45, 2.75) is 6.54 Å². The average molecular weight is 484 g/mol. The van der Waals surface area contributed by atoms with Gasteiger partial charge < -0.3 is 19.1 Å². The highest BCUT2D eigenvalue weighted by Gasteiger charge is 2.22. The maximum absolute atomic E-state index is 12.6. The molecule has 2 aromatic carbocycles. The lowest BCUT2D eigenvalue weighted by molar-refractivity contribution is -0.135. The SMILES string of the molecule is COc1cc(OC)c(Br)c(OCC(=O)N2CCN(Cc3ccc(Cl)cc3)CC2)c1. The highest BCUT2D eigenvalue weighted by Crippen LogP contribution is 2.38. The van der Waals surface area contributed by atoms with E-state index < -0.39 is 0 Å². The number of amides is 1. The number of rotatable bonds is 7. The second-order valence-electron chi connectivity index (χ2n) is 6.71. The molecule has 3 rings (SSSR count). The van der Waals surface area contributed by atoms with Gasteiger partial charge in [-0.3, -0.25) is 9.69 Å². The van der Waals surface area contributed by atoms with E-state index in [1.54, 1.807) is 26.4 Å². The number of benzene rings is 2. The third kappa shape index (κ3) is 5.78. The highest BCUT2D eigenvalue weighted by molar-refractivity contribution is 9.10. The highest BCUT2D eigenvalue weighted by atomic mass is 79.9. The molecule has 0 radical (unpaired) electrons. The van der Waals surface area contributed by atoms with Gasteiger partial charge in [0.1, 0.15) is 21.7 Å². The van der Waals surface area contributed by atoms with Gasteiger partial charge in [-0.1, -0.05) is 23.7 Å². The molecule has 29 heavy (non-hydrogen) atoms. The Balaban J connectivity index is 1.50. The summed E-state index contributed by atoms with van der Waals surface area (Å²) < 4.78 is 17.0. The average Bonchev–Trinajstić information content (AvgIpc) is 2.75. The van der Waals surface area contributed by atoms with Crippen LogP contribution in [-0.4, -0.2) is 62.7 Å². The van der Waals surface area contributed by atoms with Crippen LogP contribution in [0.25, 0.3) is 0 Å². The lowest BCUT2D eigenvalue weighted by atomic mass is 10.2. The topological polar surface area (TPSA) is 51.2 Å². The summed E-state index contributed by atoms with van der Waals surface area (Å²) in [6.45, 7) is 3.82. The molecule has 1 aliphatic heterocycles. The molecule has 0 atom stereocenters.